The highest BCUT2D eigenvalue weighted by molar-refractivity contribution is 7.96. The Morgan fingerprint density at radius 3 is 2.85 bits per heavy atom. The fourth-order valence-corrected chi connectivity index (χ4v) is 1.21. The second-order valence-corrected chi connectivity index (χ2v) is 2.99. The Morgan fingerprint density at radius 1 is 1.54 bits per heavy atom. The lowest BCUT2D eigenvalue weighted by molar-refractivity contribution is 0.270. The summed E-state index contributed by atoms with van der Waals surface area (Å²) >= 11 is 3.65. The Bertz CT molecular complexity index is 322. The Balaban J connectivity index is 2.90. The maximum Gasteiger partial charge on any atom is 0.280 e. The van der Waals surface area contributed by atoms with Crippen LogP contribution < -0.4 is 5.32 Å². The minimum atomic E-state index is -0.350. The maximum atomic E-state index is 10.7. The first-order chi connectivity index (χ1) is 6.24. The van der Waals surface area contributed by atoms with Gasteiger partial charge in [-0.05, 0) is 18.1 Å². The van der Waals surface area contributed by atoms with E-state index in [1.165, 1.54) is 0 Å². The third-order valence-electron chi connectivity index (χ3n) is 1.62. The number of amides is 1. The van der Waals surface area contributed by atoms with Gasteiger partial charge in [0.15, 0.2) is 0 Å². The van der Waals surface area contributed by atoms with E-state index in [-0.39, 0.29) is 5.24 Å². The van der Waals surface area contributed by atoms with Crippen LogP contribution in [0.3, 0.4) is 0 Å². The molecule has 0 saturated heterocycles. The van der Waals surface area contributed by atoms with Gasteiger partial charge in [-0.2, -0.15) is 0 Å². The number of carbonyl (C=O) groups is 1. The number of anilines is 1. The van der Waals surface area contributed by atoms with Crippen molar-refractivity contribution in [1.82, 2.24) is 0 Å². The Morgan fingerprint density at radius 2 is 2.23 bits per heavy atom. The molecule has 0 atom stereocenters. The fourth-order valence-electron chi connectivity index (χ4n) is 1.09. The summed E-state index contributed by atoms with van der Waals surface area (Å²) in [6, 6.07) is 7.58. The number of hydrogen-bond donors (Lipinski definition) is 2. The molecule has 2 nitrogen and oxygen atoms in total. The summed E-state index contributed by atoms with van der Waals surface area (Å²) in [5.74, 6) is 0. The number of thiol groups is 1. The van der Waals surface area contributed by atoms with Crippen molar-refractivity contribution in [3.05, 3.63) is 42.5 Å². The average molecular weight is 193 g/mol. The van der Waals surface area contributed by atoms with Gasteiger partial charge in [-0.3, -0.25) is 4.79 Å². The van der Waals surface area contributed by atoms with Crippen molar-refractivity contribution in [2.45, 2.75) is 6.42 Å². The zero-order chi connectivity index (χ0) is 9.68. The van der Waals surface area contributed by atoms with Gasteiger partial charge in [0.2, 0.25) is 0 Å². The molecule has 0 bridgehead atoms. The van der Waals surface area contributed by atoms with E-state index < -0.39 is 0 Å². The zero-order valence-electron chi connectivity index (χ0n) is 7.16. The molecule has 0 radical (unpaired) electrons. The molecule has 0 fully saturated rings. The summed E-state index contributed by atoms with van der Waals surface area (Å²) < 4.78 is 0. The standard InChI is InChI=1S/C10H11NOS/c1-2-5-8-6-3-4-7-9(8)11-10(12)13/h2-4,6-7H,1,5H2,(H2,11,12,13). The lowest BCUT2D eigenvalue weighted by atomic mass is 10.1. The lowest BCUT2D eigenvalue weighted by Crippen LogP contribution is -2.03. The van der Waals surface area contributed by atoms with Crippen molar-refractivity contribution in [3.63, 3.8) is 0 Å². The Kier molecular flexibility index (Phi) is 3.58. The number of allylic oxidation sites excluding steroid dienone is 1. The fraction of sp³-hybridized carbons (Fsp3) is 0.100. The zero-order valence-corrected chi connectivity index (χ0v) is 8.05. The van der Waals surface area contributed by atoms with Crippen LogP contribution in [0.25, 0.3) is 0 Å². The van der Waals surface area contributed by atoms with Crippen LogP contribution in [-0.4, -0.2) is 5.24 Å². The first-order valence-corrected chi connectivity index (χ1v) is 4.37. The number of benzene rings is 1. The van der Waals surface area contributed by atoms with Crippen LogP contribution in [0.1, 0.15) is 5.56 Å². The van der Waals surface area contributed by atoms with Gasteiger partial charge in [-0.15, -0.1) is 6.58 Å². The molecule has 1 aromatic carbocycles. The monoisotopic (exact) mass is 193 g/mol. The number of rotatable bonds is 3. The summed E-state index contributed by atoms with van der Waals surface area (Å²) in [4.78, 5) is 10.7. The van der Waals surface area contributed by atoms with Crippen LogP contribution in [0.4, 0.5) is 10.5 Å². The predicted octanol–water partition coefficient (Wildman–Crippen LogP) is 2.88. The van der Waals surface area contributed by atoms with Crippen LogP contribution >= 0.6 is 12.6 Å². The van der Waals surface area contributed by atoms with Crippen LogP contribution in [0, 0.1) is 0 Å². The van der Waals surface area contributed by atoms with Crippen LogP contribution in [0.2, 0.25) is 0 Å². The molecule has 3 heteroatoms. The molecule has 0 unspecified atom stereocenters. The number of hydrogen-bond acceptors (Lipinski definition) is 1. The van der Waals surface area contributed by atoms with E-state index >= 15 is 0 Å². The van der Waals surface area contributed by atoms with Crippen LogP contribution in [-0.2, 0) is 6.42 Å². The third kappa shape index (κ3) is 2.95. The third-order valence-corrected chi connectivity index (χ3v) is 1.74. The molecule has 68 valence electrons. The maximum absolute atomic E-state index is 10.7. The summed E-state index contributed by atoms with van der Waals surface area (Å²) in [5.41, 5.74) is 1.84. The highest BCUT2D eigenvalue weighted by Crippen LogP contribution is 2.16. The Hall–Kier alpha value is -1.22. The average Bonchev–Trinajstić information content (AvgIpc) is 2.08. The van der Waals surface area contributed by atoms with Gasteiger partial charge in [-0.1, -0.05) is 36.9 Å². The largest absolute Gasteiger partial charge is 0.317 e. The lowest BCUT2D eigenvalue weighted by Gasteiger charge is -2.06. The minimum Gasteiger partial charge on any atom is -0.317 e. The quantitative estimate of drug-likeness (QED) is 0.561. The van der Waals surface area contributed by atoms with Crippen molar-refractivity contribution in [1.29, 1.82) is 0 Å². The van der Waals surface area contributed by atoms with E-state index in [2.05, 4.69) is 24.5 Å². The molecule has 0 aliphatic carbocycles. The molecule has 13 heavy (non-hydrogen) atoms. The molecule has 1 aromatic rings. The van der Waals surface area contributed by atoms with E-state index in [4.69, 9.17) is 0 Å². The number of para-hydroxylation sites is 1. The molecule has 1 amide bonds. The minimum absolute atomic E-state index is 0.350. The first-order valence-electron chi connectivity index (χ1n) is 3.93. The molecule has 0 saturated carbocycles. The molecule has 0 heterocycles. The SMILES string of the molecule is C=CCc1ccccc1NC(=O)S. The van der Waals surface area contributed by atoms with Crippen molar-refractivity contribution in [2.24, 2.45) is 0 Å². The molecule has 0 aliphatic heterocycles. The molecule has 1 rings (SSSR count). The van der Waals surface area contributed by atoms with Crippen LogP contribution in [0.5, 0.6) is 0 Å². The second-order valence-electron chi connectivity index (χ2n) is 2.58. The van der Waals surface area contributed by atoms with E-state index in [0.29, 0.717) is 0 Å². The second kappa shape index (κ2) is 4.72. The molecular formula is C10H11NOS. The summed E-state index contributed by atoms with van der Waals surface area (Å²) in [6.07, 6.45) is 2.54. The number of carbonyl (C=O) groups excluding carboxylic acids is 1. The van der Waals surface area contributed by atoms with Crippen molar-refractivity contribution in [3.8, 4) is 0 Å². The Labute approximate surface area is 83.1 Å². The van der Waals surface area contributed by atoms with Crippen molar-refractivity contribution < 1.29 is 4.79 Å². The van der Waals surface area contributed by atoms with E-state index in [1.807, 2.05) is 24.3 Å². The van der Waals surface area contributed by atoms with E-state index in [9.17, 15) is 4.79 Å². The van der Waals surface area contributed by atoms with E-state index in [1.54, 1.807) is 6.08 Å². The van der Waals surface area contributed by atoms with Gasteiger partial charge in [0.05, 0.1) is 0 Å². The molecular weight excluding hydrogens is 182 g/mol. The van der Waals surface area contributed by atoms with Gasteiger partial charge in [-0.25, -0.2) is 0 Å². The topological polar surface area (TPSA) is 29.1 Å². The molecule has 0 spiro atoms. The van der Waals surface area contributed by atoms with Gasteiger partial charge in [0.1, 0.15) is 0 Å². The highest BCUT2D eigenvalue weighted by atomic mass is 32.1. The molecule has 0 aromatic heterocycles. The summed E-state index contributed by atoms with van der Waals surface area (Å²) in [6.45, 7) is 3.64. The smallest absolute Gasteiger partial charge is 0.280 e. The highest BCUT2D eigenvalue weighted by Gasteiger charge is 2.00. The van der Waals surface area contributed by atoms with Crippen molar-refractivity contribution >= 4 is 23.6 Å². The summed E-state index contributed by atoms with van der Waals surface area (Å²) in [5, 5.41) is 2.29. The normalized spacial score (nSPS) is 9.31. The summed E-state index contributed by atoms with van der Waals surface area (Å²) in [7, 11) is 0. The molecule has 0 aliphatic rings. The number of nitrogens with one attached hydrogen (secondary N) is 1. The molecule has 1 N–H and O–H groups in total. The van der Waals surface area contributed by atoms with Crippen molar-refractivity contribution in [2.75, 3.05) is 5.32 Å². The van der Waals surface area contributed by atoms with Gasteiger partial charge < -0.3 is 5.32 Å². The van der Waals surface area contributed by atoms with Gasteiger partial charge >= 0.3 is 0 Å². The van der Waals surface area contributed by atoms with E-state index in [0.717, 1.165) is 17.7 Å². The predicted molar refractivity (Wildman–Crippen MR) is 58.3 cm³/mol. The first kappa shape index (κ1) is 9.86. The van der Waals surface area contributed by atoms with Gasteiger partial charge in [0, 0.05) is 5.69 Å². The van der Waals surface area contributed by atoms with Gasteiger partial charge in [0.25, 0.3) is 5.24 Å². The van der Waals surface area contributed by atoms with Crippen LogP contribution in [0.15, 0.2) is 36.9 Å².